The summed E-state index contributed by atoms with van der Waals surface area (Å²) in [5.41, 5.74) is 4.73. The average molecular weight is 573 g/mol. The molecule has 2 amide bonds. The minimum Gasteiger partial charge on any atom is -0.497 e. The van der Waals surface area contributed by atoms with Crippen molar-refractivity contribution >= 4 is 50.3 Å². The normalized spacial score (nSPS) is 11.0. The molecule has 5 aromatic rings. The number of amides is 2. The highest BCUT2D eigenvalue weighted by molar-refractivity contribution is 7.99. The molecule has 0 radical (unpaired) electrons. The summed E-state index contributed by atoms with van der Waals surface area (Å²) in [5.74, 6) is 1.12. The minimum atomic E-state index is -0.186. The standard InChI is InChI=1S/C29H28N6O3S2/c1-18-8-9-19(2)23(14-18)35-25(16-30-26(36)15-20-10-12-21(38-3)13-11-20)33-34-29(35)39-17-27(37)32-28-31-22-6-4-5-7-24(22)40-28/h4-14H,15-17H2,1-3H3,(H,30,36)(H,31,32,37). The molecule has 0 spiro atoms. The number of nitrogens with one attached hydrogen (secondary N) is 2. The second kappa shape index (κ2) is 12.3. The van der Waals surface area contributed by atoms with E-state index >= 15 is 0 Å². The quantitative estimate of drug-likeness (QED) is 0.224. The number of fused-ring (bicyclic) bond motifs is 1. The largest absolute Gasteiger partial charge is 0.497 e. The number of anilines is 1. The average Bonchev–Trinajstić information content (AvgIpc) is 3.55. The number of hydrogen-bond acceptors (Lipinski definition) is 8. The van der Waals surface area contributed by atoms with Gasteiger partial charge in [0.2, 0.25) is 11.8 Å². The highest BCUT2D eigenvalue weighted by Gasteiger charge is 2.19. The first-order valence-corrected chi connectivity index (χ1v) is 14.4. The van der Waals surface area contributed by atoms with E-state index in [0.717, 1.165) is 38.3 Å². The van der Waals surface area contributed by atoms with E-state index in [4.69, 9.17) is 4.74 Å². The summed E-state index contributed by atoms with van der Waals surface area (Å²) in [4.78, 5) is 30.0. The lowest BCUT2D eigenvalue weighted by Crippen LogP contribution is -2.26. The van der Waals surface area contributed by atoms with Gasteiger partial charge in [-0.1, -0.05) is 59.5 Å². The van der Waals surface area contributed by atoms with Crippen LogP contribution in [0.5, 0.6) is 5.75 Å². The van der Waals surface area contributed by atoms with E-state index in [2.05, 4.69) is 25.8 Å². The summed E-state index contributed by atoms with van der Waals surface area (Å²) in [6.45, 7) is 4.21. The molecule has 2 heterocycles. The number of carbonyl (C=O) groups excluding carboxylic acids is 2. The molecule has 2 aromatic heterocycles. The van der Waals surface area contributed by atoms with Gasteiger partial charge in [0.1, 0.15) is 5.75 Å². The molecule has 0 atom stereocenters. The molecule has 0 bridgehead atoms. The molecule has 0 fully saturated rings. The maximum Gasteiger partial charge on any atom is 0.236 e. The molecule has 204 valence electrons. The van der Waals surface area contributed by atoms with Crippen molar-refractivity contribution < 1.29 is 14.3 Å². The maximum atomic E-state index is 12.8. The molecule has 2 N–H and O–H groups in total. The number of methoxy groups -OCH3 is 1. The van der Waals surface area contributed by atoms with Crippen LogP contribution in [-0.4, -0.2) is 44.4 Å². The summed E-state index contributed by atoms with van der Waals surface area (Å²) in [5, 5.41) is 15.7. The Morgan fingerprint density at radius 2 is 1.80 bits per heavy atom. The topological polar surface area (TPSA) is 111 Å². The zero-order chi connectivity index (χ0) is 28.1. The third-order valence-corrected chi connectivity index (χ3v) is 8.03. The van der Waals surface area contributed by atoms with Gasteiger partial charge in [0.05, 0.1) is 41.7 Å². The fraction of sp³-hybridized carbons (Fsp3) is 0.207. The Kier molecular flexibility index (Phi) is 8.42. The maximum absolute atomic E-state index is 12.8. The molecule has 9 nitrogen and oxygen atoms in total. The van der Waals surface area contributed by atoms with Gasteiger partial charge in [-0.15, -0.1) is 10.2 Å². The van der Waals surface area contributed by atoms with Crippen molar-refractivity contribution in [2.24, 2.45) is 0 Å². The van der Waals surface area contributed by atoms with Gasteiger partial charge >= 0.3 is 0 Å². The van der Waals surface area contributed by atoms with Crippen LogP contribution in [0.1, 0.15) is 22.5 Å². The molecule has 0 aliphatic heterocycles. The van der Waals surface area contributed by atoms with Crippen molar-refractivity contribution in [3.05, 3.63) is 89.2 Å². The summed E-state index contributed by atoms with van der Waals surface area (Å²) in [6.07, 6.45) is 0.231. The number of rotatable bonds is 10. The molecule has 11 heteroatoms. The van der Waals surface area contributed by atoms with Crippen LogP contribution in [0.15, 0.2) is 71.9 Å². The van der Waals surface area contributed by atoms with Crippen molar-refractivity contribution in [2.45, 2.75) is 32.0 Å². The number of nitrogens with zero attached hydrogens (tertiary/aromatic N) is 4. The van der Waals surface area contributed by atoms with Gasteiger partial charge in [-0.05, 0) is 60.9 Å². The van der Waals surface area contributed by atoms with Gasteiger partial charge < -0.3 is 15.4 Å². The lowest BCUT2D eigenvalue weighted by atomic mass is 10.1. The molecular weight excluding hydrogens is 544 g/mol. The van der Waals surface area contributed by atoms with E-state index in [-0.39, 0.29) is 30.5 Å². The Hall–Kier alpha value is -4.22. The Morgan fingerprint density at radius 3 is 2.58 bits per heavy atom. The van der Waals surface area contributed by atoms with E-state index in [1.807, 2.05) is 85.1 Å². The van der Waals surface area contributed by atoms with Crippen LogP contribution in [0.4, 0.5) is 5.13 Å². The van der Waals surface area contributed by atoms with E-state index in [1.165, 1.54) is 23.1 Å². The summed E-state index contributed by atoms with van der Waals surface area (Å²) in [6, 6.07) is 21.3. The Morgan fingerprint density at radius 1 is 1.00 bits per heavy atom. The summed E-state index contributed by atoms with van der Waals surface area (Å²) in [7, 11) is 1.61. The van der Waals surface area contributed by atoms with E-state index in [0.29, 0.717) is 16.1 Å². The molecule has 5 rings (SSSR count). The number of thiazole rings is 1. The van der Waals surface area contributed by atoms with Crippen LogP contribution in [0.3, 0.4) is 0 Å². The van der Waals surface area contributed by atoms with E-state index in [9.17, 15) is 9.59 Å². The number of benzene rings is 3. The van der Waals surface area contributed by atoms with Crippen molar-refractivity contribution in [1.29, 1.82) is 0 Å². The van der Waals surface area contributed by atoms with Gasteiger partial charge in [-0.3, -0.25) is 14.2 Å². The first-order chi connectivity index (χ1) is 19.4. The van der Waals surface area contributed by atoms with E-state index in [1.54, 1.807) is 7.11 Å². The minimum absolute atomic E-state index is 0.128. The van der Waals surface area contributed by atoms with Crippen molar-refractivity contribution in [3.63, 3.8) is 0 Å². The van der Waals surface area contributed by atoms with Crippen molar-refractivity contribution in [2.75, 3.05) is 18.2 Å². The summed E-state index contributed by atoms with van der Waals surface area (Å²) < 4.78 is 8.10. The number of aryl methyl sites for hydroxylation is 2. The van der Waals surface area contributed by atoms with Gasteiger partial charge in [0.15, 0.2) is 16.1 Å². The van der Waals surface area contributed by atoms with Gasteiger partial charge in [0, 0.05) is 0 Å². The van der Waals surface area contributed by atoms with E-state index < -0.39 is 0 Å². The molecule has 0 aliphatic rings. The number of thioether (sulfide) groups is 1. The number of para-hydroxylation sites is 1. The highest BCUT2D eigenvalue weighted by atomic mass is 32.2. The smallest absolute Gasteiger partial charge is 0.236 e. The zero-order valence-electron chi connectivity index (χ0n) is 22.3. The van der Waals surface area contributed by atoms with Crippen LogP contribution in [0.2, 0.25) is 0 Å². The van der Waals surface area contributed by atoms with Crippen LogP contribution >= 0.6 is 23.1 Å². The molecule has 40 heavy (non-hydrogen) atoms. The Labute approximate surface area is 240 Å². The van der Waals surface area contributed by atoms with Crippen molar-refractivity contribution in [1.82, 2.24) is 25.1 Å². The molecular formula is C29H28N6O3S2. The summed E-state index contributed by atoms with van der Waals surface area (Å²) >= 11 is 2.72. The van der Waals surface area contributed by atoms with Gasteiger partial charge in [-0.25, -0.2) is 4.98 Å². The number of carbonyl (C=O) groups is 2. The fourth-order valence-corrected chi connectivity index (χ4v) is 5.74. The lowest BCUT2D eigenvalue weighted by Gasteiger charge is -2.14. The van der Waals surface area contributed by atoms with Crippen molar-refractivity contribution in [3.8, 4) is 11.4 Å². The Balaban J connectivity index is 1.30. The first kappa shape index (κ1) is 27.4. The fourth-order valence-electron chi connectivity index (χ4n) is 4.09. The predicted molar refractivity (Wildman–Crippen MR) is 158 cm³/mol. The highest BCUT2D eigenvalue weighted by Crippen LogP contribution is 2.27. The Bertz CT molecular complexity index is 1630. The number of aromatic nitrogens is 4. The zero-order valence-corrected chi connectivity index (χ0v) is 23.9. The monoisotopic (exact) mass is 572 g/mol. The first-order valence-electron chi connectivity index (χ1n) is 12.6. The molecule has 0 saturated carbocycles. The lowest BCUT2D eigenvalue weighted by molar-refractivity contribution is -0.120. The molecule has 3 aromatic carbocycles. The third-order valence-electron chi connectivity index (χ3n) is 6.15. The molecule has 0 saturated heterocycles. The number of hydrogen-bond donors (Lipinski definition) is 2. The van der Waals surface area contributed by atoms with Crippen LogP contribution < -0.4 is 15.4 Å². The van der Waals surface area contributed by atoms with Crippen LogP contribution in [0, 0.1) is 13.8 Å². The van der Waals surface area contributed by atoms with Gasteiger partial charge in [0.25, 0.3) is 0 Å². The SMILES string of the molecule is COc1ccc(CC(=O)NCc2nnc(SCC(=O)Nc3nc4ccccc4s3)n2-c2cc(C)ccc2C)cc1. The van der Waals surface area contributed by atoms with Crippen LogP contribution in [-0.2, 0) is 22.6 Å². The second-order valence-electron chi connectivity index (χ2n) is 9.15. The second-order valence-corrected chi connectivity index (χ2v) is 11.1. The predicted octanol–water partition coefficient (Wildman–Crippen LogP) is 5.09. The molecule has 0 aliphatic carbocycles. The third kappa shape index (κ3) is 6.49. The molecule has 0 unspecified atom stereocenters. The van der Waals surface area contributed by atoms with Crippen LogP contribution in [0.25, 0.3) is 15.9 Å². The number of ether oxygens (including phenoxy) is 1. The van der Waals surface area contributed by atoms with Gasteiger partial charge in [-0.2, -0.15) is 0 Å².